The highest BCUT2D eigenvalue weighted by atomic mass is 19.1. The van der Waals surface area contributed by atoms with Gasteiger partial charge in [0.25, 0.3) is 5.91 Å². The molecule has 0 saturated carbocycles. The first kappa shape index (κ1) is 25.3. The molecule has 2 rings (SSSR count). The molecule has 0 aromatic heterocycles. The Morgan fingerprint density at radius 2 is 1.91 bits per heavy atom. The number of hydrogen-bond donors (Lipinski definition) is 3. The number of esters is 1. The molecule has 9 nitrogen and oxygen atoms in total. The molecule has 0 aliphatic heterocycles. The number of amidine groups is 1. The van der Waals surface area contributed by atoms with Crippen LogP contribution in [0.25, 0.3) is 0 Å². The summed E-state index contributed by atoms with van der Waals surface area (Å²) in [4.78, 5) is 24.3. The third kappa shape index (κ3) is 7.62. The van der Waals surface area contributed by atoms with Gasteiger partial charge in [-0.2, -0.15) is 0 Å². The predicted molar refractivity (Wildman–Crippen MR) is 119 cm³/mol. The minimum absolute atomic E-state index is 0.0405. The van der Waals surface area contributed by atoms with Crippen molar-refractivity contribution in [2.24, 2.45) is 5.73 Å². The van der Waals surface area contributed by atoms with Crippen molar-refractivity contribution in [1.29, 1.82) is 5.41 Å². The van der Waals surface area contributed by atoms with Crippen LogP contribution in [0, 0.1) is 11.2 Å². The average molecular weight is 459 g/mol. The number of hydrogen-bond acceptors (Lipinski definition) is 8. The Morgan fingerprint density at radius 1 is 1.18 bits per heavy atom. The average Bonchev–Trinajstić information content (AvgIpc) is 2.75. The molecule has 0 fully saturated rings. The minimum atomic E-state index is -0.791. The number of rotatable bonds is 10. The molecule has 0 aliphatic rings. The van der Waals surface area contributed by atoms with Crippen LogP contribution in [0.1, 0.15) is 34.6 Å². The van der Waals surface area contributed by atoms with E-state index in [9.17, 15) is 14.0 Å². The first-order valence-corrected chi connectivity index (χ1v) is 10.0. The Kier molecular flexibility index (Phi) is 9.37. The molecule has 1 atom stereocenters. The molecule has 0 saturated heterocycles. The van der Waals surface area contributed by atoms with E-state index < -0.39 is 17.7 Å². The summed E-state index contributed by atoms with van der Waals surface area (Å²) in [5.74, 6) is -2.08. The van der Waals surface area contributed by atoms with Crippen molar-refractivity contribution >= 4 is 17.7 Å². The lowest BCUT2D eigenvalue weighted by atomic mass is 10.1. The lowest BCUT2D eigenvalue weighted by Crippen LogP contribution is -2.28. The number of nitrogens with two attached hydrogens (primary N) is 1. The van der Waals surface area contributed by atoms with Gasteiger partial charge in [-0.15, -0.1) is 0 Å². The molecule has 0 heterocycles. The molecule has 2 aromatic rings. The maximum Gasteiger partial charge on any atom is 0.338 e. The Labute approximate surface area is 190 Å². The van der Waals surface area contributed by atoms with Gasteiger partial charge in [-0.05, 0) is 56.5 Å². The van der Waals surface area contributed by atoms with E-state index in [2.05, 4.69) is 5.32 Å². The fraction of sp³-hybridized carbons (Fsp3) is 0.261. The second-order valence-electron chi connectivity index (χ2n) is 6.77. The number of halogens is 1. The maximum atomic E-state index is 14.6. The van der Waals surface area contributed by atoms with Gasteiger partial charge in [0.05, 0.1) is 18.8 Å². The summed E-state index contributed by atoms with van der Waals surface area (Å²) < 4.78 is 35.8. The lowest BCUT2D eigenvalue weighted by Gasteiger charge is -2.16. The third-order valence-corrected chi connectivity index (χ3v) is 4.06. The van der Waals surface area contributed by atoms with Gasteiger partial charge in [0, 0.05) is 18.7 Å². The van der Waals surface area contributed by atoms with Crippen molar-refractivity contribution in [3.63, 3.8) is 0 Å². The molecule has 0 aliphatic carbocycles. The van der Waals surface area contributed by atoms with E-state index in [1.165, 1.54) is 43.5 Å². The van der Waals surface area contributed by atoms with Crippen LogP contribution < -0.4 is 20.5 Å². The largest absolute Gasteiger partial charge is 0.488 e. The van der Waals surface area contributed by atoms with Crippen molar-refractivity contribution in [2.45, 2.75) is 20.0 Å². The smallest absolute Gasteiger partial charge is 0.338 e. The summed E-state index contributed by atoms with van der Waals surface area (Å²) in [5.41, 5.74) is 5.38. The number of amides is 1. The quantitative estimate of drug-likeness (QED) is 0.282. The number of ether oxygens (including phenoxy) is 4. The zero-order valence-electron chi connectivity index (χ0n) is 18.5. The molecule has 10 heteroatoms. The number of carbonyl (C=O) groups excluding carboxylic acids is 2. The molecule has 1 amide bonds. The molecule has 0 bridgehead atoms. The molecular weight excluding hydrogens is 433 g/mol. The maximum absolute atomic E-state index is 14.6. The summed E-state index contributed by atoms with van der Waals surface area (Å²) in [6.07, 6.45) is 1.98. The zero-order chi connectivity index (χ0) is 24.4. The summed E-state index contributed by atoms with van der Waals surface area (Å²) in [7, 11) is 1.53. The van der Waals surface area contributed by atoms with Gasteiger partial charge in [0.1, 0.15) is 23.4 Å². The van der Waals surface area contributed by atoms with E-state index >= 15 is 0 Å². The summed E-state index contributed by atoms with van der Waals surface area (Å²) in [6.45, 7) is 3.88. The van der Waals surface area contributed by atoms with Crippen LogP contribution in [0.5, 0.6) is 17.2 Å². The van der Waals surface area contributed by atoms with Crippen LogP contribution in [0.3, 0.4) is 0 Å². The van der Waals surface area contributed by atoms with E-state index in [0.29, 0.717) is 6.61 Å². The van der Waals surface area contributed by atoms with Gasteiger partial charge in [-0.1, -0.05) is 0 Å². The van der Waals surface area contributed by atoms with Gasteiger partial charge in [-0.3, -0.25) is 10.2 Å². The summed E-state index contributed by atoms with van der Waals surface area (Å²) in [5, 5.41) is 10.0. The molecule has 2 aromatic carbocycles. The second kappa shape index (κ2) is 12.2. The Morgan fingerprint density at radius 3 is 2.55 bits per heavy atom. The predicted octanol–water partition coefficient (Wildman–Crippen LogP) is 3.39. The number of carbonyl (C=O) groups is 2. The first-order chi connectivity index (χ1) is 15.8. The van der Waals surface area contributed by atoms with Crippen molar-refractivity contribution in [1.82, 2.24) is 5.32 Å². The standard InChI is InChI=1S/C23H26FN3O6/c1-4-31-23(29)15-5-6-20(19(24)11-15)33-18-10-16(22(28)27-21(26)7-8-25)9-17(12-18)32-14(2)13-30-3/h5-12,14H,4,13,25H2,1-3H3,(H2,26,27,28)/b8-7-. The van der Waals surface area contributed by atoms with Crippen LogP contribution in [-0.4, -0.2) is 44.1 Å². The second-order valence-corrected chi connectivity index (χ2v) is 6.77. The van der Waals surface area contributed by atoms with Crippen LogP contribution in [-0.2, 0) is 9.47 Å². The van der Waals surface area contributed by atoms with Gasteiger partial charge < -0.3 is 30.0 Å². The van der Waals surface area contributed by atoms with Gasteiger partial charge in [-0.25, -0.2) is 9.18 Å². The van der Waals surface area contributed by atoms with E-state index in [1.54, 1.807) is 13.8 Å². The SMILES string of the molecule is CCOC(=O)c1ccc(Oc2cc(OC(C)COC)cc(C(=O)NC(=N)/C=C\N)c2)c(F)c1. The molecular formula is C23H26FN3O6. The Hall–Kier alpha value is -3.92. The van der Waals surface area contributed by atoms with Crippen LogP contribution in [0.15, 0.2) is 48.7 Å². The number of nitrogens with one attached hydrogen (secondary N) is 2. The normalized spacial score (nSPS) is 11.6. The van der Waals surface area contributed by atoms with Crippen molar-refractivity contribution in [2.75, 3.05) is 20.3 Å². The number of benzene rings is 2. The van der Waals surface area contributed by atoms with E-state index in [4.69, 9.17) is 30.1 Å². The fourth-order valence-corrected chi connectivity index (χ4v) is 2.72. The van der Waals surface area contributed by atoms with E-state index in [0.717, 1.165) is 12.3 Å². The van der Waals surface area contributed by atoms with Crippen molar-refractivity contribution in [3.05, 3.63) is 65.6 Å². The molecule has 4 N–H and O–H groups in total. The Balaban J connectivity index is 2.35. The monoisotopic (exact) mass is 459 g/mol. The number of methoxy groups -OCH3 is 1. The lowest BCUT2D eigenvalue weighted by molar-refractivity contribution is 0.0525. The third-order valence-electron chi connectivity index (χ3n) is 4.06. The van der Waals surface area contributed by atoms with Gasteiger partial charge in [0.2, 0.25) is 0 Å². The van der Waals surface area contributed by atoms with E-state index in [1.807, 2.05) is 0 Å². The summed E-state index contributed by atoms with van der Waals surface area (Å²) in [6, 6.07) is 7.94. The Bertz CT molecular complexity index is 1040. The fourth-order valence-electron chi connectivity index (χ4n) is 2.72. The van der Waals surface area contributed by atoms with Crippen molar-refractivity contribution < 1.29 is 32.9 Å². The zero-order valence-corrected chi connectivity index (χ0v) is 18.5. The highest BCUT2D eigenvalue weighted by molar-refractivity contribution is 6.09. The molecule has 1 unspecified atom stereocenters. The highest BCUT2D eigenvalue weighted by Gasteiger charge is 2.16. The topological polar surface area (TPSA) is 133 Å². The van der Waals surface area contributed by atoms with Gasteiger partial charge in [0.15, 0.2) is 11.6 Å². The molecule has 33 heavy (non-hydrogen) atoms. The molecule has 0 spiro atoms. The van der Waals surface area contributed by atoms with Gasteiger partial charge >= 0.3 is 5.97 Å². The molecule has 176 valence electrons. The molecule has 0 radical (unpaired) electrons. The van der Waals surface area contributed by atoms with Crippen LogP contribution in [0.4, 0.5) is 4.39 Å². The summed E-state index contributed by atoms with van der Waals surface area (Å²) >= 11 is 0. The highest BCUT2D eigenvalue weighted by Crippen LogP contribution is 2.30. The van der Waals surface area contributed by atoms with Crippen molar-refractivity contribution in [3.8, 4) is 17.2 Å². The first-order valence-electron chi connectivity index (χ1n) is 10.0. The van der Waals surface area contributed by atoms with Crippen LogP contribution in [0.2, 0.25) is 0 Å². The van der Waals surface area contributed by atoms with E-state index in [-0.39, 0.29) is 46.9 Å². The minimum Gasteiger partial charge on any atom is -0.488 e. The van der Waals surface area contributed by atoms with Crippen LogP contribution >= 0.6 is 0 Å².